The molecule has 0 atom stereocenters. The Bertz CT molecular complexity index is 568. The lowest BCUT2D eigenvalue weighted by atomic mass is 10.1. The summed E-state index contributed by atoms with van der Waals surface area (Å²) in [5.41, 5.74) is 2.16. The van der Waals surface area contributed by atoms with E-state index in [-0.39, 0.29) is 5.91 Å². The SMILES string of the molecule is CNCCCNC(=O)c1[nH]nc(-c2ccccc2)c1Br. The zero-order valence-corrected chi connectivity index (χ0v) is 12.8. The number of amides is 1. The van der Waals surface area contributed by atoms with Crippen LogP contribution in [0.1, 0.15) is 16.9 Å². The molecule has 1 heterocycles. The largest absolute Gasteiger partial charge is 0.351 e. The third-order valence-corrected chi connectivity index (χ3v) is 3.64. The van der Waals surface area contributed by atoms with Gasteiger partial charge in [0.15, 0.2) is 0 Å². The molecule has 6 heteroatoms. The van der Waals surface area contributed by atoms with Crippen LogP contribution in [0.2, 0.25) is 0 Å². The summed E-state index contributed by atoms with van der Waals surface area (Å²) in [5, 5.41) is 12.9. The Kier molecular flexibility index (Phi) is 5.31. The van der Waals surface area contributed by atoms with Crippen molar-refractivity contribution in [2.45, 2.75) is 6.42 Å². The van der Waals surface area contributed by atoms with Crippen molar-refractivity contribution in [2.24, 2.45) is 0 Å². The number of hydrogen-bond acceptors (Lipinski definition) is 3. The Morgan fingerprint density at radius 2 is 2.05 bits per heavy atom. The van der Waals surface area contributed by atoms with Crippen molar-refractivity contribution in [3.63, 3.8) is 0 Å². The molecule has 20 heavy (non-hydrogen) atoms. The maximum absolute atomic E-state index is 12.0. The Morgan fingerprint density at radius 1 is 1.30 bits per heavy atom. The zero-order valence-electron chi connectivity index (χ0n) is 11.2. The van der Waals surface area contributed by atoms with E-state index in [1.54, 1.807) is 0 Å². The molecule has 0 aliphatic carbocycles. The molecule has 0 bridgehead atoms. The molecule has 3 N–H and O–H groups in total. The van der Waals surface area contributed by atoms with Crippen LogP contribution in [0.4, 0.5) is 0 Å². The second kappa shape index (κ2) is 7.21. The highest BCUT2D eigenvalue weighted by atomic mass is 79.9. The summed E-state index contributed by atoms with van der Waals surface area (Å²) in [7, 11) is 1.89. The van der Waals surface area contributed by atoms with Gasteiger partial charge in [-0.05, 0) is 35.9 Å². The first-order valence-corrected chi connectivity index (χ1v) is 7.25. The monoisotopic (exact) mass is 336 g/mol. The lowest BCUT2D eigenvalue weighted by Gasteiger charge is -2.03. The molecule has 1 amide bonds. The van der Waals surface area contributed by atoms with E-state index in [0.717, 1.165) is 24.2 Å². The van der Waals surface area contributed by atoms with E-state index >= 15 is 0 Å². The van der Waals surface area contributed by atoms with Crippen LogP contribution >= 0.6 is 15.9 Å². The van der Waals surface area contributed by atoms with Crippen molar-refractivity contribution >= 4 is 21.8 Å². The van der Waals surface area contributed by atoms with Gasteiger partial charge in [0, 0.05) is 12.1 Å². The van der Waals surface area contributed by atoms with Gasteiger partial charge >= 0.3 is 0 Å². The molecule has 1 aromatic carbocycles. The molecule has 0 unspecified atom stereocenters. The first kappa shape index (κ1) is 14.7. The number of H-pyrrole nitrogens is 1. The zero-order chi connectivity index (χ0) is 14.4. The van der Waals surface area contributed by atoms with E-state index in [1.165, 1.54) is 0 Å². The lowest BCUT2D eigenvalue weighted by Crippen LogP contribution is -2.27. The molecule has 106 valence electrons. The number of nitrogens with one attached hydrogen (secondary N) is 3. The molecular formula is C14H17BrN4O. The first-order chi connectivity index (χ1) is 9.74. The first-order valence-electron chi connectivity index (χ1n) is 6.46. The number of halogens is 1. The minimum Gasteiger partial charge on any atom is -0.351 e. The molecule has 0 aliphatic heterocycles. The Balaban J connectivity index is 2.07. The molecule has 1 aromatic heterocycles. The number of carbonyl (C=O) groups is 1. The van der Waals surface area contributed by atoms with E-state index in [1.807, 2.05) is 37.4 Å². The third kappa shape index (κ3) is 3.46. The summed E-state index contributed by atoms with van der Waals surface area (Å²) in [6.07, 6.45) is 0.888. The minimum atomic E-state index is -0.150. The smallest absolute Gasteiger partial charge is 0.270 e. The van der Waals surface area contributed by atoms with E-state index < -0.39 is 0 Å². The van der Waals surface area contributed by atoms with Gasteiger partial charge in [0.2, 0.25) is 0 Å². The van der Waals surface area contributed by atoms with Gasteiger partial charge in [-0.3, -0.25) is 9.89 Å². The van der Waals surface area contributed by atoms with E-state index in [4.69, 9.17) is 0 Å². The number of carbonyl (C=O) groups excluding carboxylic acids is 1. The van der Waals surface area contributed by atoms with Gasteiger partial charge in [-0.15, -0.1) is 0 Å². The molecule has 0 spiro atoms. The third-order valence-electron chi connectivity index (χ3n) is 2.87. The Labute approximate surface area is 126 Å². The van der Waals surface area contributed by atoms with E-state index in [2.05, 4.69) is 36.8 Å². The number of hydrogen-bond donors (Lipinski definition) is 3. The fraction of sp³-hybridized carbons (Fsp3) is 0.286. The molecule has 0 fully saturated rings. The number of benzene rings is 1. The number of nitrogens with zero attached hydrogens (tertiary/aromatic N) is 1. The van der Waals surface area contributed by atoms with E-state index in [0.29, 0.717) is 16.7 Å². The Morgan fingerprint density at radius 3 is 2.75 bits per heavy atom. The van der Waals surface area contributed by atoms with Crippen molar-refractivity contribution in [3.05, 3.63) is 40.5 Å². The van der Waals surface area contributed by atoms with Gasteiger partial charge in [-0.1, -0.05) is 30.3 Å². The van der Waals surface area contributed by atoms with Crippen LogP contribution in [0, 0.1) is 0 Å². The summed E-state index contributed by atoms with van der Waals surface area (Å²) in [6.45, 7) is 1.51. The molecule has 0 saturated carbocycles. The fourth-order valence-corrected chi connectivity index (χ4v) is 2.41. The molecule has 5 nitrogen and oxygen atoms in total. The van der Waals surface area contributed by atoms with Crippen molar-refractivity contribution < 1.29 is 4.79 Å². The predicted octanol–water partition coefficient (Wildman–Crippen LogP) is 2.18. The van der Waals surface area contributed by atoms with Crippen LogP contribution in [0.25, 0.3) is 11.3 Å². The van der Waals surface area contributed by atoms with Gasteiger partial charge in [0.05, 0.1) is 4.47 Å². The molecule has 2 aromatic rings. The van der Waals surface area contributed by atoms with Crippen molar-refractivity contribution in [1.29, 1.82) is 0 Å². The topological polar surface area (TPSA) is 69.8 Å². The Hall–Kier alpha value is -1.66. The summed E-state index contributed by atoms with van der Waals surface area (Å²) >= 11 is 3.44. The fourth-order valence-electron chi connectivity index (χ4n) is 1.82. The second-order valence-corrected chi connectivity index (χ2v) is 5.13. The average molecular weight is 337 g/mol. The number of rotatable bonds is 6. The van der Waals surface area contributed by atoms with Gasteiger partial charge in [0.1, 0.15) is 11.4 Å². The molecule has 0 saturated heterocycles. The van der Waals surface area contributed by atoms with Gasteiger partial charge < -0.3 is 10.6 Å². The second-order valence-electron chi connectivity index (χ2n) is 4.34. The highest BCUT2D eigenvalue weighted by molar-refractivity contribution is 9.10. The van der Waals surface area contributed by atoms with Crippen LogP contribution in [-0.4, -0.2) is 36.2 Å². The van der Waals surface area contributed by atoms with Crippen molar-refractivity contribution in [1.82, 2.24) is 20.8 Å². The lowest BCUT2D eigenvalue weighted by molar-refractivity contribution is 0.0947. The van der Waals surface area contributed by atoms with Crippen molar-refractivity contribution in [3.8, 4) is 11.3 Å². The molecule has 0 aliphatic rings. The highest BCUT2D eigenvalue weighted by Crippen LogP contribution is 2.28. The molecular weight excluding hydrogens is 320 g/mol. The minimum absolute atomic E-state index is 0.150. The highest BCUT2D eigenvalue weighted by Gasteiger charge is 2.17. The van der Waals surface area contributed by atoms with E-state index in [9.17, 15) is 4.79 Å². The van der Waals surface area contributed by atoms with Gasteiger partial charge in [0.25, 0.3) is 5.91 Å². The van der Waals surface area contributed by atoms with Gasteiger partial charge in [-0.25, -0.2) is 0 Å². The average Bonchev–Trinajstić information content (AvgIpc) is 2.86. The number of aromatic nitrogens is 2. The van der Waals surface area contributed by atoms with Crippen molar-refractivity contribution in [2.75, 3.05) is 20.1 Å². The van der Waals surface area contributed by atoms with Crippen LogP contribution in [-0.2, 0) is 0 Å². The predicted molar refractivity (Wildman–Crippen MR) is 82.6 cm³/mol. The number of aromatic amines is 1. The summed E-state index contributed by atoms with van der Waals surface area (Å²) in [5.74, 6) is -0.150. The van der Waals surface area contributed by atoms with Gasteiger partial charge in [-0.2, -0.15) is 5.10 Å². The maximum atomic E-state index is 12.0. The summed E-state index contributed by atoms with van der Waals surface area (Å²) in [4.78, 5) is 12.0. The summed E-state index contributed by atoms with van der Waals surface area (Å²) < 4.78 is 0.690. The maximum Gasteiger partial charge on any atom is 0.270 e. The quantitative estimate of drug-likeness (QED) is 0.708. The van der Waals surface area contributed by atoms with Crippen LogP contribution in [0.5, 0.6) is 0 Å². The molecule has 2 rings (SSSR count). The van der Waals surface area contributed by atoms with Crippen LogP contribution in [0.15, 0.2) is 34.8 Å². The summed E-state index contributed by atoms with van der Waals surface area (Å²) in [6, 6.07) is 9.73. The standard InChI is InChI=1S/C14H17BrN4O/c1-16-8-5-9-17-14(20)13-11(15)12(18-19-13)10-6-3-2-4-7-10/h2-4,6-7,16H,5,8-9H2,1H3,(H,17,20)(H,18,19). The van der Waals surface area contributed by atoms with Crippen LogP contribution < -0.4 is 10.6 Å². The van der Waals surface area contributed by atoms with Crippen LogP contribution in [0.3, 0.4) is 0 Å². The molecule has 0 radical (unpaired) electrons. The normalized spacial score (nSPS) is 10.5.